The molecule has 2 fully saturated rings. The van der Waals surface area contributed by atoms with Crippen molar-refractivity contribution in [3.63, 3.8) is 0 Å². The Hall–Kier alpha value is -1.88. The maximum atomic E-state index is 11.3. The molecule has 6 atom stereocenters. The van der Waals surface area contributed by atoms with Crippen LogP contribution in [0.2, 0.25) is 0 Å². The number of phenolic OH excluding ortho intramolecular Hbond substituents is 1. The lowest BCUT2D eigenvalue weighted by Gasteiger charge is -2.50. The van der Waals surface area contributed by atoms with E-state index in [1.165, 1.54) is 17.5 Å². The van der Waals surface area contributed by atoms with Gasteiger partial charge in [0.25, 0.3) is 0 Å². The summed E-state index contributed by atoms with van der Waals surface area (Å²) >= 11 is 0. The van der Waals surface area contributed by atoms with Crippen molar-refractivity contribution in [2.24, 2.45) is 17.3 Å². The number of phenols is 1. The average molecular weight is 408 g/mol. The lowest BCUT2D eigenvalue weighted by atomic mass is 9.55. The van der Waals surface area contributed by atoms with E-state index in [4.69, 9.17) is 0 Å². The quantitative estimate of drug-likeness (QED) is 0.621. The number of rotatable bonds is 4. The zero-order valence-electron chi connectivity index (χ0n) is 17.7. The first-order valence-electron chi connectivity index (χ1n) is 11.4. The highest BCUT2D eigenvalue weighted by atomic mass is 16.3. The highest BCUT2D eigenvalue weighted by molar-refractivity contribution is 5.38. The Bertz CT molecular complexity index is 928. The molecule has 0 radical (unpaired) electrons. The number of benzene rings is 2. The Morgan fingerprint density at radius 3 is 2.77 bits per heavy atom. The number of hydrogen-bond donors (Lipinski definition) is 4. The summed E-state index contributed by atoms with van der Waals surface area (Å²) in [6.07, 6.45) is 5.07. The van der Waals surface area contributed by atoms with Crippen LogP contribution in [0.1, 0.15) is 60.8 Å². The predicted molar refractivity (Wildman–Crippen MR) is 117 cm³/mol. The summed E-state index contributed by atoms with van der Waals surface area (Å²) < 4.78 is 0. The molecule has 2 saturated carbocycles. The van der Waals surface area contributed by atoms with Crippen LogP contribution in [-0.4, -0.2) is 27.5 Å². The molecule has 0 saturated heterocycles. The van der Waals surface area contributed by atoms with E-state index in [1.54, 1.807) is 6.07 Å². The Morgan fingerprint density at radius 1 is 1.13 bits per heavy atom. The molecule has 160 valence electrons. The summed E-state index contributed by atoms with van der Waals surface area (Å²) in [5.41, 5.74) is 4.75. The van der Waals surface area contributed by atoms with Crippen molar-refractivity contribution in [3.05, 3.63) is 64.7 Å². The SMILES string of the molecule is C[C@@]12CCC3c4ccc(CO)cc4CCC3C1C[C@H](NCc1ccccc1O)[C@@H]2O. The van der Waals surface area contributed by atoms with Gasteiger partial charge in [-0.3, -0.25) is 0 Å². The highest BCUT2D eigenvalue weighted by Gasteiger charge is 2.57. The number of hydrogen-bond acceptors (Lipinski definition) is 4. The number of aromatic hydroxyl groups is 1. The van der Waals surface area contributed by atoms with Crippen molar-refractivity contribution in [2.75, 3.05) is 0 Å². The summed E-state index contributed by atoms with van der Waals surface area (Å²) in [5.74, 6) is 2.01. The molecule has 0 spiro atoms. The van der Waals surface area contributed by atoms with Crippen molar-refractivity contribution in [3.8, 4) is 5.75 Å². The molecule has 3 unspecified atom stereocenters. The predicted octanol–water partition coefficient (Wildman–Crippen LogP) is 3.87. The molecule has 0 aliphatic heterocycles. The molecular formula is C26H33NO3. The van der Waals surface area contributed by atoms with Gasteiger partial charge in [0.15, 0.2) is 0 Å². The van der Waals surface area contributed by atoms with Gasteiger partial charge in [0.2, 0.25) is 0 Å². The van der Waals surface area contributed by atoms with Gasteiger partial charge in [-0.05, 0) is 78.0 Å². The molecule has 4 nitrogen and oxygen atoms in total. The lowest BCUT2D eigenvalue weighted by molar-refractivity contribution is -0.0281. The first kappa shape index (κ1) is 20.0. The van der Waals surface area contributed by atoms with E-state index in [2.05, 4.69) is 30.4 Å². The minimum Gasteiger partial charge on any atom is -0.508 e. The van der Waals surface area contributed by atoms with E-state index in [1.807, 2.05) is 18.2 Å². The Labute approximate surface area is 179 Å². The van der Waals surface area contributed by atoms with Gasteiger partial charge >= 0.3 is 0 Å². The maximum absolute atomic E-state index is 11.3. The summed E-state index contributed by atoms with van der Waals surface area (Å²) in [5, 5.41) is 34.4. The van der Waals surface area contributed by atoms with Crippen LogP contribution >= 0.6 is 0 Å². The molecule has 30 heavy (non-hydrogen) atoms. The van der Waals surface area contributed by atoms with Gasteiger partial charge in [-0.1, -0.05) is 43.3 Å². The molecule has 0 amide bonds. The molecule has 4 heteroatoms. The fourth-order valence-electron chi connectivity index (χ4n) is 6.85. The third-order valence-corrected chi connectivity index (χ3v) is 8.52. The second-order valence-corrected chi connectivity index (χ2v) is 9.95. The van der Waals surface area contributed by atoms with Crippen molar-refractivity contribution < 1.29 is 15.3 Å². The van der Waals surface area contributed by atoms with Gasteiger partial charge in [0, 0.05) is 18.2 Å². The molecule has 3 aliphatic rings. The molecule has 4 N–H and O–H groups in total. The first-order chi connectivity index (χ1) is 14.5. The topological polar surface area (TPSA) is 72.7 Å². The van der Waals surface area contributed by atoms with Gasteiger partial charge in [-0.2, -0.15) is 0 Å². The zero-order chi connectivity index (χ0) is 20.9. The summed E-state index contributed by atoms with van der Waals surface area (Å²) in [4.78, 5) is 0. The Kier molecular flexibility index (Phi) is 5.12. The van der Waals surface area contributed by atoms with Crippen LogP contribution in [-0.2, 0) is 19.6 Å². The van der Waals surface area contributed by atoms with Crippen molar-refractivity contribution in [2.45, 2.75) is 70.2 Å². The smallest absolute Gasteiger partial charge is 0.120 e. The van der Waals surface area contributed by atoms with Crippen LogP contribution in [0.15, 0.2) is 42.5 Å². The molecule has 3 aliphatic carbocycles. The zero-order valence-corrected chi connectivity index (χ0v) is 17.7. The van der Waals surface area contributed by atoms with Crippen LogP contribution in [0.3, 0.4) is 0 Å². The molecule has 2 aromatic carbocycles. The van der Waals surface area contributed by atoms with Crippen LogP contribution in [0.4, 0.5) is 0 Å². The summed E-state index contributed by atoms with van der Waals surface area (Å²) in [7, 11) is 0. The molecule has 0 aromatic heterocycles. The summed E-state index contributed by atoms with van der Waals surface area (Å²) in [6, 6.07) is 14.0. The molecule has 5 rings (SSSR count). The van der Waals surface area contributed by atoms with Crippen molar-refractivity contribution >= 4 is 0 Å². The van der Waals surface area contributed by atoms with Gasteiger partial charge < -0.3 is 20.6 Å². The number of aryl methyl sites for hydroxylation is 1. The second kappa shape index (κ2) is 7.67. The standard InChI is InChI=1S/C26H33NO3/c1-26-11-10-20-19-8-6-16(15-28)12-17(19)7-9-21(20)22(26)13-23(25(26)30)27-14-18-4-2-3-5-24(18)29/h2-6,8,12,20-23,25,27-30H,7,9-11,13-15H2,1H3/t20?,21?,22?,23-,25-,26+/m0/s1. The van der Waals surface area contributed by atoms with Gasteiger partial charge in [-0.25, -0.2) is 0 Å². The van der Waals surface area contributed by atoms with E-state index in [0.717, 1.165) is 36.8 Å². The van der Waals surface area contributed by atoms with Gasteiger partial charge in [0.1, 0.15) is 5.75 Å². The van der Waals surface area contributed by atoms with E-state index in [9.17, 15) is 15.3 Å². The van der Waals surface area contributed by atoms with Crippen LogP contribution in [0.5, 0.6) is 5.75 Å². The minimum absolute atomic E-state index is 0.0416. The summed E-state index contributed by atoms with van der Waals surface area (Å²) in [6.45, 7) is 2.99. The second-order valence-electron chi connectivity index (χ2n) is 9.95. The Balaban J connectivity index is 1.35. The van der Waals surface area contributed by atoms with Gasteiger partial charge in [-0.15, -0.1) is 0 Å². The number of fused-ring (bicyclic) bond motifs is 5. The fraction of sp³-hybridized carbons (Fsp3) is 0.538. The lowest BCUT2D eigenvalue weighted by Crippen LogP contribution is -2.46. The third-order valence-electron chi connectivity index (χ3n) is 8.52. The van der Waals surface area contributed by atoms with Crippen molar-refractivity contribution in [1.29, 1.82) is 0 Å². The van der Waals surface area contributed by atoms with E-state index >= 15 is 0 Å². The molecular weight excluding hydrogens is 374 g/mol. The number of para-hydroxylation sites is 1. The minimum atomic E-state index is -0.354. The average Bonchev–Trinajstić information content (AvgIpc) is 3.03. The van der Waals surface area contributed by atoms with Crippen LogP contribution in [0.25, 0.3) is 0 Å². The largest absolute Gasteiger partial charge is 0.508 e. The number of aliphatic hydroxyl groups is 2. The van der Waals surface area contributed by atoms with E-state index in [0.29, 0.717) is 30.0 Å². The maximum Gasteiger partial charge on any atom is 0.120 e. The normalized spacial score (nSPS) is 34.8. The van der Waals surface area contributed by atoms with Crippen LogP contribution in [0, 0.1) is 17.3 Å². The number of nitrogens with one attached hydrogen (secondary N) is 1. The van der Waals surface area contributed by atoms with Gasteiger partial charge in [0.05, 0.1) is 12.7 Å². The number of aliphatic hydroxyl groups excluding tert-OH is 2. The van der Waals surface area contributed by atoms with Crippen molar-refractivity contribution in [1.82, 2.24) is 5.32 Å². The molecule has 2 aromatic rings. The fourth-order valence-corrected chi connectivity index (χ4v) is 6.85. The molecule has 0 heterocycles. The van der Waals surface area contributed by atoms with Crippen LogP contribution < -0.4 is 5.32 Å². The monoisotopic (exact) mass is 407 g/mol. The van der Waals surface area contributed by atoms with E-state index < -0.39 is 0 Å². The Morgan fingerprint density at radius 2 is 1.97 bits per heavy atom. The first-order valence-corrected chi connectivity index (χ1v) is 11.4. The van der Waals surface area contributed by atoms with E-state index in [-0.39, 0.29) is 24.2 Å². The molecule has 0 bridgehead atoms. The third kappa shape index (κ3) is 3.17. The highest BCUT2D eigenvalue weighted by Crippen LogP contribution is 2.60.